The number of ether oxygens (including phenoxy) is 1. The third-order valence-corrected chi connectivity index (χ3v) is 5.63. The van der Waals surface area contributed by atoms with Gasteiger partial charge in [-0.25, -0.2) is 0 Å². The molecule has 4 atom stereocenters. The summed E-state index contributed by atoms with van der Waals surface area (Å²) in [5.41, 5.74) is 0. The smallest absolute Gasteiger partial charge is 0.0706 e. The van der Waals surface area contributed by atoms with Crippen molar-refractivity contribution in [3.05, 3.63) is 0 Å². The van der Waals surface area contributed by atoms with Crippen LogP contribution in [0.2, 0.25) is 0 Å². The first kappa shape index (κ1) is 14.1. The number of thioether (sulfide) groups is 2. The maximum absolute atomic E-state index is 6.46. The molecule has 0 aliphatic carbocycles. The molecule has 2 heterocycles. The zero-order valence-corrected chi connectivity index (χ0v) is 12.8. The van der Waals surface area contributed by atoms with Crippen LogP contribution in [0.3, 0.4) is 0 Å². The maximum Gasteiger partial charge on any atom is 0.0706 e. The van der Waals surface area contributed by atoms with Crippen molar-refractivity contribution in [2.24, 2.45) is 0 Å². The minimum atomic E-state index is 0.558. The fraction of sp³-hybridized carbons (Fsp3) is 1.00. The Hall–Kier alpha value is 0.660. The highest BCUT2D eigenvalue weighted by Gasteiger charge is 2.39. The van der Waals surface area contributed by atoms with E-state index in [1.165, 1.54) is 50.0 Å². The van der Waals surface area contributed by atoms with Crippen molar-refractivity contribution in [1.29, 1.82) is 0 Å². The predicted molar refractivity (Wildman–Crippen MR) is 80.2 cm³/mol. The van der Waals surface area contributed by atoms with Gasteiger partial charge >= 0.3 is 0 Å². The lowest BCUT2D eigenvalue weighted by Gasteiger charge is -2.24. The summed E-state index contributed by atoms with van der Waals surface area (Å²) in [7, 11) is 0. The summed E-state index contributed by atoms with van der Waals surface area (Å²) in [5.74, 6) is 2.68. The maximum atomic E-state index is 6.46. The molecule has 17 heavy (non-hydrogen) atoms. The quantitative estimate of drug-likeness (QED) is 0.548. The topological polar surface area (TPSA) is 9.23 Å². The number of hydrogen-bond donors (Lipinski definition) is 0. The summed E-state index contributed by atoms with van der Waals surface area (Å²) in [6.45, 7) is 4.56. The Balaban J connectivity index is 1.76. The van der Waals surface area contributed by atoms with Gasteiger partial charge in [0.1, 0.15) is 0 Å². The Bertz CT molecular complexity index is 192. The van der Waals surface area contributed by atoms with Crippen molar-refractivity contribution in [1.82, 2.24) is 0 Å². The molecule has 2 aliphatic heterocycles. The average molecular weight is 274 g/mol. The van der Waals surface area contributed by atoms with E-state index in [0.717, 1.165) is 10.5 Å². The van der Waals surface area contributed by atoms with Crippen LogP contribution in [0, 0.1) is 0 Å². The molecule has 0 N–H and O–H groups in total. The van der Waals surface area contributed by atoms with E-state index in [1.807, 2.05) is 0 Å². The molecule has 2 fully saturated rings. The van der Waals surface area contributed by atoms with E-state index < -0.39 is 0 Å². The van der Waals surface area contributed by atoms with Crippen molar-refractivity contribution in [2.45, 2.75) is 75.1 Å². The van der Waals surface area contributed by atoms with Gasteiger partial charge in [0.2, 0.25) is 0 Å². The molecule has 0 amide bonds. The second-order valence-corrected chi connectivity index (χ2v) is 7.79. The SMILES string of the molecule is CCCCC(OC(CCCC)C1CS1)C1CS1. The van der Waals surface area contributed by atoms with Crippen molar-refractivity contribution in [3.8, 4) is 0 Å². The summed E-state index contributed by atoms with van der Waals surface area (Å²) >= 11 is 4.19. The Kier molecular flexibility index (Phi) is 6.04. The summed E-state index contributed by atoms with van der Waals surface area (Å²) < 4.78 is 6.46. The van der Waals surface area contributed by atoms with Crippen LogP contribution in [0.5, 0.6) is 0 Å². The highest BCUT2D eigenvalue weighted by molar-refractivity contribution is 8.07. The summed E-state index contributed by atoms with van der Waals surface area (Å²) in [4.78, 5) is 0. The van der Waals surface area contributed by atoms with Gasteiger partial charge in [-0.05, 0) is 12.8 Å². The van der Waals surface area contributed by atoms with E-state index in [-0.39, 0.29) is 0 Å². The number of rotatable bonds is 10. The van der Waals surface area contributed by atoms with Crippen molar-refractivity contribution in [3.63, 3.8) is 0 Å². The third-order valence-electron chi connectivity index (χ3n) is 3.58. The lowest BCUT2D eigenvalue weighted by atomic mass is 10.1. The molecule has 3 heteroatoms. The van der Waals surface area contributed by atoms with Crippen LogP contribution in [-0.4, -0.2) is 34.2 Å². The second kappa shape index (κ2) is 7.30. The summed E-state index contributed by atoms with van der Waals surface area (Å²) in [6, 6.07) is 0. The minimum Gasteiger partial charge on any atom is -0.373 e. The van der Waals surface area contributed by atoms with Crippen molar-refractivity contribution in [2.75, 3.05) is 11.5 Å². The molecule has 2 aliphatic rings. The fourth-order valence-electron chi connectivity index (χ4n) is 2.26. The molecule has 0 aromatic heterocycles. The molecule has 0 saturated carbocycles. The van der Waals surface area contributed by atoms with Crippen LogP contribution in [0.1, 0.15) is 52.4 Å². The largest absolute Gasteiger partial charge is 0.373 e. The minimum absolute atomic E-state index is 0.558. The molecule has 0 aromatic carbocycles. The van der Waals surface area contributed by atoms with Gasteiger partial charge in [0, 0.05) is 22.0 Å². The van der Waals surface area contributed by atoms with Gasteiger partial charge in [-0.3, -0.25) is 0 Å². The van der Waals surface area contributed by atoms with Crippen LogP contribution in [0.25, 0.3) is 0 Å². The molecule has 100 valence electrons. The highest BCUT2D eigenvalue weighted by atomic mass is 32.2. The zero-order valence-electron chi connectivity index (χ0n) is 11.2. The van der Waals surface area contributed by atoms with E-state index in [2.05, 4.69) is 37.4 Å². The fourth-order valence-corrected chi connectivity index (χ4v) is 3.74. The zero-order chi connectivity index (χ0) is 12.1. The van der Waals surface area contributed by atoms with Gasteiger partial charge in [-0.2, -0.15) is 23.5 Å². The predicted octanol–water partition coefficient (Wildman–Crippen LogP) is 4.35. The second-order valence-electron chi connectivity index (χ2n) is 5.24. The molecule has 4 unspecified atom stereocenters. The highest BCUT2D eigenvalue weighted by Crippen LogP contribution is 2.41. The molecular weight excluding hydrogens is 248 g/mol. The van der Waals surface area contributed by atoms with Crippen LogP contribution in [0.15, 0.2) is 0 Å². The molecule has 2 saturated heterocycles. The summed E-state index contributed by atoms with van der Waals surface area (Å²) in [6.07, 6.45) is 8.96. The number of unbranched alkanes of at least 4 members (excludes halogenated alkanes) is 2. The molecular formula is C14H26OS2. The lowest BCUT2D eigenvalue weighted by molar-refractivity contribution is -0.0122. The Morgan fingerprint density at radius 2 is 1.35 bits per heavy atom. The van der Waals surface area contributed by atoms with Crippen LogP contribution >= 0.6 is 23.5 Å². The molecule has 1 nitrogen and oxygen atoms in total. The first-order valence-corrected chi connectivity index (χ1v) is 9.33. The monoisotopic (exact) mass is 274 g/mol. The van der Waals surface area contributed by atoms with Gasteiger partial charge in [0.05, 0.1) is 12.2 Å². The van der Waals surface area contributed by atoms with Crippen LogP contribution < -0.4 is 0 Å². The third kappa shape index (κ3) is 5.04. The van der Waals surface area contributed by atoms with E-state index >= 15 is 0 Å². The van der Waals surface area contributed by atoms with Gasteiger partial charge < -0.3 is 4.74 Å². The first-order valence-electron chi connectivity index (χ1n) is 7.23. The Morgan fingerprint density at radius 3 is 1.65 bits per heavy atom. The van der Waals surface area contributed by atoms with Crippen LogP contribution in [0.4, 0.5) is 0 Å². The van der Waals surface area contributed by atoms with E-state index in [1.54, 1.807) is 0 Å². The first-order chi connectivity index (χ1) is 8.35. The van der Waals surface area contributed by atoms with Crippen molar-refractivity contribution >= 4 is 23.5 Å². The van der Waals surface area contributed by atoms with E-state index in [9.17, 15) is 0 Å². The standard InChI is InChI=1S/C14H26OS2/c1-3-5-7-11(13-9-16-13)15-12(8-6-4-2)14-10-17-14/h11-14H,3-10H2,1-2H3. The molecule has 0 aromatic rings. The molecule has 2 rings (SSSR count). The molecule has 0 radical (unpaired) electrons. The van der Waals surface area contributed by atoms with E-state index in [0.29, 0.717) is 12.2 Å². The molecule has 0 spiro atoms. The molecule has 0 bridgehead atoms. The lowest BCUT2D eigenvalue weighted by Crippen LogP contribution is -2.29. The average Bonchev–Trinajstić information content (AvgIpc) is 3.18. The normalized spacial score (nSPS) is 30.0. The Morgan fingerprint density at radius 1 is 0.941 bits per heavy atom. The van der Waals surface area contributed by atoms with Crippen molar-refractivity contribution < 1.29 is 4.74 Å². The van der Waals surface area contributed by atoms with Gasteiger partial charge in [-0.1, -0.05) is 39.5 Å². The van der Waals surface area contributed by atoms with Gasteiger partial charge in [-0.15, -0.1) is 0 Å². The van der Waals surface area contributed by atoms with Gasteiger partial charge in [0.15, 0.2) is 0 Å². The van der Waals surface area contributed by atoms with Crippen LogP contribution in [-0.2, 0) is 4.74 Å². The Labute approximate surface area is 115 Å². The van der Waals surface area contributed by atoms with E-state index in [4.69, 9.17) is 4.74 Å². The van der Waals surface area contributed by atoms with Gasteiger partial charge in [0.25, 0.3) is 0 Å². The summed E-state index contributed by atoms with van der Waals surface area (Å²) in [5, 5.41) is 1.66. The number of hydrogen-bond acceptors (Lipinski definition) is 3.